The molecule has 0 bridgehead atoms. The average molecular weight is 350 g/mol. The maximum atomic E-state index is 5.65. The van der Waals surface area contributed by atoms with Crippen LogP contribution in [0.4, 0.5) is 5.69 Å². The molecular formula is C19H31NO3Si. The number of nitrogens with two attached hydrogens (primary N) is 1. The van der Waals surface area contributed by atoms with Crippen molar-refractivity contribution in [3.05, 3.63) is 42.5 Å². The quantitative estimate of drug-likeness (QED) is 0.546. The van der Waals surface area contributed by atoms with Crippen molar-refractivity contribution in [3.63, 3.8) is 0 Å². The van der Waals surface area contributed by atoms with Gasteiger partial charge >= 0.3 is 8.80 Å². The monoisotopic (exact) mass is 349 g/mol. The zero-order chi connectivity index (χ0) is 17.8. The van der Waals surface area contributed by atoms with Crippen molar-refractivity contribution in [2.45, 2.75) is 40.2 Å². The van der Waals surface area contributed by atoms with Gasteiger partial charge in [-0.15, -0.1) is 0 Å². The molecule has 0 aliphatic heterocycles. The first-order chi connectivity index (χ1) is 11.6. The molecule has 0 heterocycles. The number of anilines is 1. The van der Waals surface area contributed by atoms with Crippen molar-refractivity contribution in [1.29, 1.82) is 0 Å². The molecule has 2 aromatic carbocycles. The highest BCUT2D eigenvalue weighted by atomic mass is 28.4. The van der Waals surface area contributed by atoms with Crippen molar-refractivity contribution in [1.82, 2.24) is 0 Å². The van der Waals surface area contributed by atoms with Gasteiger partial charge in [0.15, 0.2) is 0 Å². The second-order valence-corrected chi connectivity index (χ2v) is 8.07. The summed E-state index contributed by atoms with van der Waals surface area (Å²) in [5.41, 5.74) is 6.45. The van der Waals surface area contributed by atoms with E-state index >= 15 is 0 Å². The SMILES string of the molecule is CCC[Si](OCC)(OCC)OCC.Nc1ccc2ccccc2c1. The van der Waals surface area contributed by atoms with Gasteiger partial charge in [0.25, 0.3) is 0 Å². The lowest BCUT2D eigenvalue weighted by molar-refractivity contribution is 0.0712. The Balaban J connectivity index is 0.000000242. The zero-order valence-electron chi connectivity index (χ0n) is 15.4. The summed E-state index contributed by atoms with van der Waals surface area (Å²) in [6.45, 7) is 10.1. The molecule has 0 aliphatic carbocycles. The van der Waals surface area contributed by atoms with Crippen LogP contribution in [0.3, 0.4) is 0 Å². The highest BCUT2D eigenvalue weighted by molar-refractivity contribution is 6.60. The molecule has 134 valence electrons. The number of nitrogen functional groups attached to an aromatic ring is 1. The van der Waals surface area contributed by atoms with E-state index in [1.807, 2.05) is 51.1 Å². The van der Waals surface area contributed by atoms with Gasteiger partial charge in [0.1, 0.15) is 0 Å². The summed E-state index contributed by atoms with van der Waals surface area (Å²) in [5.74, 6) is 0. The van der Waals surface area contributed by atoms with Gasteiger partial charge in [0.05, 0.1) is 0 Å². The third-order valence-corrected chi connectivity index (χ3v) is 6.72. The van der Waals surface area contributed by atoms with Gasteiger partial charge in [-0.05, 0) is 43.7 Å². The van der Waals surface area contributed by atoms with Gasteiger partial charge in [-0.2, -0.15) is 0 Å². The topological polar surface area (TPSA) is 53.7 Å². The highest BCUT2D eigenvalue weighted by Gasteiger charge is 2.38. The summed E-state index contributed by atoms with van der Waals surface area (Å²) in [6, 6.07) is 15.0. The number of hydrogen-bond donors (Lipinski definition) is 1. The normalized spacial score (nSPS) is 11.2. The molecule has 0 fully saturated rings. The molecule has 2 aromatic rings. The first kappa shape index (κ1) is 20.6. The summed E-state index contributed by atoms with van der Waals surface area (Å²) >= 11 is 0. The molecule has 2 rings (SSSR count). The van der Waals surface area contributed by atoms with Crippen LogP contribution in [0.25, 0.3) is 10.8 Å². The lowest BCUT2D eigenvalue weighted by Gasteiger charge is -2.27. The molecule has 0 saturated heterocycles. The van der Waals surface area contributed by atoms with Crippen LogP contribution < -0.4 is 5.73 Å². The van der Waals surface area contributed by atoms with Crippen LogP contribution in [-0.2, 0) is 13.3 Å². The Morgan fingerprint density at radius 3 is 1.83 bits per heavy atom. The Hall–Kier alpha value is -1.40. The largest absolute Gasteiger partial charge is 0.500 e. The van der Waals surface area contributed by atoms with Crippen molar-refractivity contribution in [3.8, 4) is 0 Å². The van der Waals surface area contributed by atoms with Crippen LogP contribution in [-0.4, -0.2) is 28.6 Å². The lowest BCUT2D eigenvalue weighted by Crippen LogP contribution is -2.45. The van der Waals surface area contributed by atoms with Gasteiger partial charge in [-0.3, -0.25) is 0 Å². The molecule has 0 spiro atoms. The minimum atomic E-state index is -2.30. The van der Waals surface area contributed by atoms with Crippen molar-refractivity contribution in [2.75, 3.05) is 25.6 Å². The smallest absolute Gasteiger partial charge is 0.399 e. The van der Waals surface area contributed by atoms with Gasteiger partial charge in [-0.1, -0.05) is 43.7 Å². The van der Waals surface area contributed by atoms with E-state index < -0.39 is 8.80 Å². The Morgan fingerprint density at radius 2 is 1.33 bits per heavy atom. The minimum absolute atomic E-state index is 0.673. The molecule has 0 saturated carbocycles. The van der Waals surface area contributed by atoms with Crippen LogP contribution in [0.15, 0.2) is 42.5 Å². The maximum Gasteiger partial charge on any atom is 0.500 e. The maximum absolute atomic E-state index is 5.65. The van der Waals surface area contributed by atoms with Crippen LogP contribution >= 0.6 is 0 Å². The molecule has 0 atom stereocenters. The van der Waals surface area contributed by atoms with E-state index in [9.17, 15) is 0 Å². The van der Waals surface area contributed by atoms with Gasteiger partial charge in [0, 0.05) is 31.6 Å². The molecule has 0 unspecified atom stereocenters. The third-order valence-electron chi connectivity index (χ3n) is 3.42. The first-order valence-electron chi connectivity index (χ1n) is 8.76. The van der Waals surface area contributed by atoms with E-state index in [4.69, 9.17) is 19.0 Å². The zero-order valence-corrected chi connectivity index (χ0v) is 16.4. The predicted molar refractivity (Wildman–Crippen MR) is 104 cm³/mol. The third kappa shape index (κ3) is 6.61. The summed E-state index contributed by atoms with van der Waals surface area (Å²) in [4.78, 5) is 0. The Kier molecular flexibility index (Phi) is 9.64. The average Bonchev–Trinajstić information content (AvgIpc) is 2.56. The second-order valence-electron chi connectivity index (χ2n) is 5.34. The van der Waals surface area contributed by atoms with Crippen molar-refractivity contribution < 1.29 is 13.3 Å². The van der Waals surface area contributed by atoms with E-state index in [1.165, 1.54) is 10.8 Å². The fraction of sp³-hybridized carbons (Fsp3) is 0.474. The molecule has 0 amide bonds. The standard InChI is InChI=1S/C10H9N.C9H22O3Si/c11-10-6-5-8-3-1-2-4-9(8)7-10;1-5-9-13(10-6-2,11-7-3)12-8-4/h1-7H,11H2;5-9H2,1-4H3. The van der Waals surface area contributed by atoms with Crippen LogP contribution in [0, 0.1) is 0 Å². The summed E-state index contributed by atoms with van der Waals surface area (Å²) in [5, 5.41) is 2.44. The van der Waals surface area contributed by atoms with Gasteiger partial charge in [0.2, 0.25) is 0 Å². The summed E-state index contributed by atoms with van der Waals surface area (Å²) in [7, 11) is -2.30. The second kappa shape index (κ2) is 11.2. The van der Waals surface area contributed by atoms with Crippen LogP contribution in [0.5, 0.6) is 0 Å². The highest BCUT2D eigenvalue weighted by Crippen LogP contribution is 2.17. The molecule has 24 heavy (non-hydrogen) atoms. The fourth-order valence-electron chi connectivity index (χ4n) is 2.52. The number of hydrogen-bond acceptors (Lipinski definition) is 4. The Labute approximate surface area is 147 Å². The summed E-state index contributed by atoms with van der Waals surface area (Å²) < 4.78 is 16.9. The van der Waals surface area contributed by atoms with Gasteiger partial charge in [-0.25, -0.2) is 0 Å². The number of rotatable bonds is 8. The first-order valence-corrected chi connectivity index (χ1v) is 10.7. The lowest BCUT2D eigenvalue weighted by atomic mass is 10.1. The van der Waals surface area contributed by atoms with Crippen LogP contribution in [0.2, 0.25) is 6.04 Å². The molecule has 0 aromatic heterocycles. The molecule has 2 N–H and O–H groups in total. The number of benzene rings is 2. The van der Waals surface area contributed by atoms with Crippen molar-refractivity contribution >= 4 is 25.3 Å². The van der Waals surface area contributed by atoms with E-state index in [1.54, 1.807) is 0 Å². The molecule has 5 heteroatoms. The number of fused-ring (bicyclic) bond motifs is 1. The van der Waals surface area contributed by atoms with E-state index in [2.05, 4.69) is 19.1 Å². The molecular weight excluding hydrogens is 318 g/mol. The van der Waals surface area contributed by atoms with Crippen LogP contribution in [0.1, 0.15) is 34.1 Å². The molecule has 0 radical (unpaired) electrons. The van der Waals surface area contributed by atoms with E-state index in [0.717, 1.165) is 18.2 Å². The molecule has 0 aliphatic rings. The Bertz CT molecular complexity index is 562. The fourth-order valence-corrected chi connectivity index (χ4v) is 5.13. The van der Waals surface area contributed by atoms with E-state index in [-0.39, 0.29) is 0 Å². The van der Waals surface area contributed by atoms with E-state index in [0.29, 0.717) is 19.8 Å². The van der Waals surface area contributed by atoms with Crippen molar-refractivity contribution in [2.24, 2.45) is 0 Å². The summed E-state index contributed by atoms with van der Waals surface area (Å²) in [6.07, 6.45) is 1.05. The Morgan fingerprint density at radius 1 is 0.792 bits per heavy atom. The molecule has 4 nitrogen and oxygen atoms in total. The minimum Gasteiger partial charge on any atom is -0.399 e. The van der Waals surface area contributed by atoms with Gasteiger partial charge < -0.3 is 19.0 Å². The predicted octanol–water partition coefficient (Wildman–Crippen LogP) is 4.87.